The molecule has 30 heavy (non-hydrogen) atoms. The summed E-state index contributed by atoms with van der Waals surface area (Å²) in [5.74, 6) is -0.448. The first-order valence-electron chi connectivity index (χ1n) is 9.27. The zero-order chi connectivity index (χ0) is 21.3. The predicted octanol–water partition coefficient (Wildman–Crippen LogP) is 4.73. The summed E-state index contributed by atoms with van der Waals surface area (Å²) < 4.78 is 10.2. The first-order valence-corrected chi connectivity index (χ1v) is 9.27. The lowest BCUT2D eigenvalue weighted by Gasteiger charge is -2.09. The van der Waals surface area contributed by atoms with Crippen molar-refractivity contribution in [2.75, 3.05) is 17.2 Å². The summed E-state index contributed by atoms with van der Waals surface area (Å²) >= 11 is 0. The Kier molecular flexibility index (Phi) is 6.78. The van der Waals surface area contributed by atoms with Crippen molar-refractivity contribution >= 4 is 29.3 Å². The number of hydrogen-bond donors (Lipinski definition) is 2. The van der Waals surface area contributed by atoms with Crippen LogP contribution in [-0.2, 0) is 4.74 Å². The van der Waals surface area contributed by atoms with E-state index in [1.807, 2.05) is 6.07 Å². The van der Waals surface area contributed by atoms with Gasteiger partial charge in [-0.15, -0.1) is 0 Å². The van der Waals surface area contributed by atoms with E-state index in [-0.39, 0.29) is 0 Å². The molecule has 0 saturated carbocycles. The van der Waals surface area contributed by atoms with Gasteiger partial charge < -0.3 is 20.1 Å². The SMILES string of the molecule is CCOC(=O)c1ccc(NC(=O)Nc2ccc(C(=O)Oc3ccccc3)cc2)cc1. The largest absolute Gasteiger partial charge is 0.462 e. The van der Waals surface area contributed by atoms with Crippen molar-refractivity contribution in [3.8, 4) is 5.75 Å². The highest BCUT2D eigenvalue weighted by Crippen LogP contribution is 2.15. The van der Waals surface area contributed by atoms with Crippen LogP contribution in [0.1, 0.15) is 27.6 Å². The van der Waals surface area contributed by atoms with Gasteiger partial charge in [-0.3, -0.25) is 0 Å². The highest BCUT2D eigenvalue weighted by atomic mass is 16.5. The Morgan fingerprint density at radius 3 is 1.70 bits per heavy atom. The Morgan fingerprint density at radius 1 is 0.700 bits per heavy atom. The molecule has 0 aliphatic heterocycles. The molecule has 0 radical (unpaired) electrons. The number of esters is 2. The maximum atomic E-state index is 12.2. The quantitative estimate of drug-likeness (QED) is 0.458. The second-order valence-corrected chi connectivity index (χ2v) is 6.16. The van der Waals surface area contributed by atoms with Gasteiger partial charge in [0.2, 0.25) is 0 Å². The maximum absolute atomic E-state index is 12.2. The number of para-hydroxylation sites is 1. The van der Waals surface area contributed by atoms with Crippen molar-refractivity contribution in [2.45, 2.75) is 6.92 Å². The van der Waals surface area contributed by atoms with Crippen molar-refractivity contribution < 1.29 is 23.9 Å². The topological polar surface area (TPSA) is 93.7 Å². The van der Waals surface area contributed by atoms with Crippen LogP contribution in [0.15, 0.2) is 78.9 Å². The van der Waals surface area contributed by atoms with Crippen molar-refractivity contribution in [2.24, 2.45) is 0 Å². The molecule has 0 atom stereocenters. The molecule has 0 spiro atoms. The van der Waals surface area contributed by atoms with Gasteiger partial charge in [-0.25, -0.2) is 14.4 Å². The van der Waals surface area contributed by atoms with Crippen LogP contribution < -0.4 is 15.4 Å². The fraction of sp³-hybridized carbons (Fsp3) is 0.0870. The Labute approximate surface area is 173 Å². The number of carbonyl (C=O) groups excluding carboxylic acids is 3. The number of hydrogen-bond acceptors (Lipinski definition) is 5. The molecule has 3 aromatic carbocycles. The number of amides is 2. The second kappa shape index (κ2) is 9.88. The zero-order valence-electron chi connectivity index (χ0n) is 16.3. The maximum Gasteiger partial charge on any atom is 0.343 e. The van der Waals surface area contributed by atoms with E-state index in [9.17, 15) is 14.4 Å². The molecule has 3 rings (SSSR count). The minimum atomic E-state index is -0.487. The van der Waals surface area contributed by atoms with E-state index in [0.29, 0.717) is 34.9 Å². The fourth-order valence-electron chi connectivity index (χ4n) is 2.54. The van der Waals surface area contributed by atoms with Crippen LogP contribution in [0.3, 0.4) is 0 Å². The summed E-state index contributed by atoms with van der Waals surface area (Å²) in [6, 6.07) is 21.0. The molecule has 0 aromatic heterocycles. The Morgan fingerprint density at radius 2 is 1.20 bits per heavy atom. The average Bonchev–Trinajstić information content (AvgIpc) is 2.75. The summed E-state index contributed by atoms with van der Waals surface area (Å²) in [6.07, 6.45) is 0. The van der Waals surface area contributed by atoms with Crippen LogP contribution in [0.4, 0.5) is 16.2 Å². The number of nitrogens with one attached hydrogen (secondary N) is 2. The first-order chi connectivity index (χ1) is 14.5. The standard InChI is InChI=1S/C23H20N2O5/c1-2-29-21(26)16-8-12-18(13-9-16)24-23(28)25-19-14-10-17(11-15-19)22(27)30-20-6-4-3-5-7-20/h3-15H,2H2,1H3,(H2,24,25,28). The molecule has 0 heterocycles. The molecule has 152 valence electrons. The van der Waals surface area contributed by atoms with Gasteiger partial charge in [-0.1, -0.05) is 18.2 Å². The number of carbonyl (C=O) groups is 3. The van der Waals surface area contributed by atoms with Crippen LogP contribution in [0.2, 0.25) is 0 Å². The van der Waals surface area contributed by atoms with Crippen molar-refractivity contribution in [1.29, 1.82) is 0 Å². The van der Waals surface area contributed by atoms with Crippen molar-refractivity contribution in [3.63, 3.8) is 0 Å². The van der Waals surface area contributed by atoms with Crippen LogP contribution in [0, 0.1) is 0 Å². The van der Waals surface area contributed by atoms with Gasteiger partial charge >= 0.3 is 18.0 Å². The predicted molar refractivity (Wildman–Crippen MR) is 113 cm³/mol. The zero-order valence-corrected chi connectivity index (χ0v) is 16.3. The van der Waals surface area contributed by atoms with Crippen LogP contribution in [0.5, 0.6) is 5.75 Å². The average molecular weight is 404 g/mol. The number of urea groups is 1. The van der Waals surface area contributed by atoms with E-state index < -0.39 is 18.0 Å². The molecule has 0 bridgehead atoms. The van der Waals surface area contributed by atoms with Crippen LogP contribution in [0.25, 0.3) is 0 Å². The van der Waals surface area contributed by atoms with E-state index in [0.717, 1.165) is 0 Å². The molecule has 2 N–H and O–H groups in total. The molecule has 0 fully saturated rings. The van der Waals surface area contributed by atoms with Gasteiger partial charge in [0.05, 0.1) is 17.7 Å². The molecule has 2 amide bonds. The van der Waals surface area contributed by atoms with Gasteiger partial charge in [0.25, 0.3) is 0 Å². The van der Waals surface area contributed by atoms with Crippen LogP contribution in [-0.4, -0.2) is 24.6 Å². The third-order valence-electron chi connectivity index (χ3n) is 3.99. The van der Waals surface area contributed by atoms with Crippen LogP contribution >= 0.6 is 0 Å². The highest BCUT2D eigenvalue weighted by molar-refractivity contribution is 6.00. The van der Waals surface area contributed by atoms with E-state index in [1.54, 1.807) is 79.7 Å². The molecule has 0 saturated heterocycles. The van der Waals surface area contributed by atoms with Gasteiger partial charge in [-0.2, -0.15) is 0 Å². The number of benzene rings is 3. The monoisotopic (exact) mass is 404 g/mol. The normalized spacial score (nSPS) is 10.0. The summed E-state index contributed by atoms with van der Waals surface area (Å²) in [6.45, 7) is 2.03. The second-order valence-electron chi connectivity index (χ2n) is 6.16. The Bertz CT molecular complexity index is 1020. The summed E-state index contributed by atoms with van der Waals surface area (Å²) in [5, 5.41) is 5.33. The molecule has 3 aromatic rings. The molecule has 7 heteroatoms. The fourth-order valence-corrected chi connectivity index (χ4v) is 2.54. The van der Waals surface area contributed by atoms with Crippen molar-refractivity contribution in [1.82, 2.24) is 0 Å². The minimum Gasteiger partial charge on any atom is -0.462 e. The molecule has 0 aliphatic carbocycles. The van der Waals surface area contributed by atoms with Crippen molar-refractivity contribution in [3.05, 3.63) is 90.0 Å². The van der Waals surface area contributed by atoms with E-state index in [1.165, 1.54) is 0 Å². The third kappa shape index (κ3) is 5.68. The van der Waals surface area contributed by atoms with E-state index in [4.69, 9.17) is 9.47 Å². The number of rotatable bonds is 6. The minimum absolute atomic E-state index is 0.296. The third-order valence-corrected chi connectivity index (χ3v) is 3.99. The van der Waals surface area contributed by atoms with Gasteiger partial charge in [0.1, 0.15) is 5.75 Å². The lowest BCUT2D eigenvalue weighted by molar-refractivity contribution is 0.0526. The van der Waals surface area contributed by atoms with Gasteiger partial charge in [0, 0.05) is 11.4 Å². The van der Waals surface area contributed by atoms with Gasteiger partial charge in [0.15, 0.2) is 0 Å². The summed E-state index contributed by atoms with van der Waals surface area (Å²) in [7, 11) is 0. The Hall–Kier alpha value is -4.13. The first kappa shape index (κ1) is 20.6. The number of ether oxygens (including phenoxy) is 2. The molecule has 7 nitrogen and oxygen atoms in total. The van der Waals surface area contributed by atoms with E-state index >= 15 is 0 Å². The smallest absolute Gasteiger partial charge is 0.343 e. The number of anilines is 2. The Balaban J connectivity index is 1.54. The molecular formula is C23H20N2O5. The molecule has 0 unspecified atom stereocenters. The lowest BCUT2D eigenvalue weighted by Crippen LogP contribution is -2.19. The van der Waals surface area contributed by atoms with Gasteiger partial charge in [-0.05, 0) is 67.6 Å². The van der Waals surface area contributed by atoms with E-state index in [2.05, 4.69) is 10.6 Å². The lowest BCUT2D eigenvalue weighted by atomic mass is 10.2. The molecule has 0 aliphatic rings. The summed E-state index contributed by atoms with van der Waals surface area (Å²) in [4.78, 5) is 36.0. The highest BCUT2D eigenvalue weighted by Gasteiger charge is 2.10. The summed E-state index contributed by atoms with van der Waals surface area (Å²) in [5.41, 5.74) is 1.79. The molecular weight excluding hydrogens is 384 g/mol.